The third-order valence-electron chi connectivity index (χ3n) is 4.08. The van der Waals surface area contributed by atoms with Crippen molar-refractivity contribution in [2.75, 3.05) is 26.2 Å². The highest BCUT2D eigenvalue weighted by molar-refractivity contribution is 6.33. The maximum Gasteiger partial charge on any atom is 0.255 e. The Kier molecular flexibility index (Phi) is 5.29. The first kappa shape index (κ1) is 17.8. The van der Waals surface area contributed by atoms with Gasteiger partial charge in [-0.3, -0.25) is 9.69 Å². The summed E-state index contributed by atoms with van der Waals surface area (Å²) in [6.45, 7) is 4.61. The number of aryl methyl sites for hydroxylation is 1. The first-order valence-electron chi connectivity index (χ1n) is 7.95. The first-order valence-corrected chi connectivity index (χ1v) is 8.33. The summed E-state index contributed by atoms with van der Waals surface area (Å²) in [4.78, 5) is 20.4. The summed E-state index contributed by atoms with van der Waals surface area (Å²) in [7, 11) is 0. The Hall–Kier alpha value is -2.06. The number of aromatic nitrogens is 2. The van der Waals surface area contributed by atoms with Crippen LogP contribution in [0.4, 0.5) is 8.78 Å². The Labute approximate surface area is 148 Å². The monoisotopic (exact) mass is 370 g/mol. The van der Waals surface area contributed by atoms with E-state index in [2.05, 4.69) is 15.0 Å². The molecule has 134 valence electrons. The number of halogens is 3. The number of carbonyl (C=O) groups is 1. The number of amides is 1. The van der Waals surface area contributed by atoms with Gasteiger partial charge in [0, 0.05) is 32.6 Å². The topological polar surface area (TPSA) is 62.5 Å². The van der Waals surface area contributed by atoms with E-state index in [0.29, 0.717) is 50.9 Å². The summed E-state index contributed by atoms with van der Waals surface area (Å²) < 4.78 is 31.6. The van der Waals surface area contributed by atoms with Gasteiger partial charge < -0.3 is 9.42 Å². The van der Waals surface area contributed by atoms with Crippen molar-refractivity contribution in [3.8, 4) is 0 Å². The summed E-state index contributed by atoms with van der Waals surface area (Å²) in [6, 6.07) is 1.67. The largest absolute Gasteiger partial charge is 0.339 e. The fraction of sp³-hybridized carbons (Fsp3) is 0.438. The average Bonchev–Trinajstić information content (AvgIpc) is 3.06. The van der Waals surface area contributed by atoms with Crippen molar-refractivity contribution < 1.29 is 18.1 Å². The van der Waals surface area contributed by atoms with Crippen LogP contribution in [0.25, 0.3) is 0 Å². The standard InChI is InChI=1S/C16H17ClF2N4O2/c1-2-15-20-14(21-25-15)9-22-3-5-23(6-4-22)16(24)10-7-12(18)13(19)8-11(10)17/h7-8H,2-6,9H2,1H3. The van der Waals surface area contributed by atoms with E-state index in [9.17, 15) is 13.6 Å². The van der Waals surface area contributed by atoms with Crippen LogP contribution in [-0.2, 0) is 13.0 Å². The molecule has 0 saturated carbocycles. The Morgan fingerprint density at radius 1 is 1.24 bits per heavy atom. The summed E-state index contributed by atoms with van der Waals surface area (Å²) in [5, 5.41) is 3.82. The van der Waals surface area contributed by atoms with E-state index in [0.717, 1.165) is 12.1 Å². The molecule has 1 amide bonds. The minimum Gasteiger partial charge on any atom is -0.339 e. The van der Waals surface area contributed by atoms with E-state index >= 15 is 0 Å². The smallest absolute Gasteiger partial charge is 0.255 e. The number of piperazine rings is 1. The molecule has 2 aromatic rings. The van der Waals surface area contributed by atoms with E-state index in [1.54, 1.807) is 4.90 Å². The van der Waals surface area contributed by atoms with Crippen LogP contribution in [0.2, 0.25) is 5.02 Å². The molecule has 0 bridgehead atoms. The van der Waals surface area contributed by atoms with Crippen LogP contribution < -0.4 is 0 Å². The number of benzene rings is 1. The van der Waals surface area contributed by atoms with Crippen LogP contribution in [0, 0.1) is 11.6 Å². The molecule has 1 aromatic heterocycles. The highest BCUT2D eigenvalue weighted by Gasteiger charge is 2.25. The zero-order valence-electron chi connectivity index (χ0n) is 13.6. The lowest BCUT2D eigenvalue weighted by Gasteiger charge is -2.34. The molecule has 0 N–H and O–H groups in total. The predicted octanol–water partition coefficient (Wildman–Crippen LogP) is 2.52. The number of hydrogen-bond acceptors (Lipinski definition) is 5. The average molecular weight is 371 g/mol. The molecule has 2 heterocycles. The van der Waals surface area contributed by atoms with Crippen LogP contribution >= 0.6 is 11.6 Å². The van der Waals surface area contributed by atoms with Gasteiger partial charge in [0.05, 0.1) is 17.1 Å². The molecule has 1 aromatic carbocycles. The molecule has 1 aliphatic heterocycles. The van der Waals surface area contributed by atoms with E-state index in [-0.39, 0.29) is 10.6 Å². The molecule has 25 heavy (non-hydrogen) atoms. The number of hydrogen-bond donors (Lipinski definition) is 0. The zero-order valence-corrected chi connectivity index (χ0v) is 14.4. The second kappa shape index (κ2) is 7.45. The van der Waals surface area contributed by atoms with Gasteiger partial charge in [0.25, 0.3) is 5.91 Å². The van der Waals surface area contributed by atoms with Gasteiger partial charge in [0.2, 0.25) is 5.89 Å². The van der Waals surface area contributed by atoms with Crippen LogP contribution in [0.1, 0.15) is 29.0 Å². The SMILES string of the molecule is CCc1nc(CN2CCN(C(=O)c3cc(F)c(F)cc3Cl)CC2)no1. The molecule has 9 heteroatoms. The van der Waals surface area contributed by atoms with Gasteiger partial charge in [-0.05, 0) is 12.1 Å². The van der Waals surface area contributed by atoms with Crippen LogP contribution in [0.3, 0.4) is 0 Å². The Bertz CT molecular complexity index is 775. The maximum atomic E-state index is 13.4. The van der Waals surface area contributed by atoms with E-state index in [4.69, 9.17) is 16.1 Å². The van der Waals surface area contributed by atoms with Gasteiger partial charge in [0.15, 0.2) is 17.5 Å². The molecular weight excluding hydrogens is 354 g/mol. The minimum absolute atomic E-state index is 0.0280. The zero-order chi connectivity index (χ0) is 18.0. The molecule has 1 aliphatic rings. The highest BCUT2D eigenvalue weighted by Crippen LogP contribution is 2.22. The van der Waals surface area contributed by atoms with Crippen LogP contribution in [0.15, 0.2) is 16.7 Å². The third-order valence-corrected chi connectivity index (χ3v) is 4.39. The summed E-state index contributed by atoms with van der Waals surface area (Å²) in [5.41, 5.74) is -0.0280. The summed E-state index contributed by atoms with van der Waals surface area (Å²) >= 11 is 5.88. The van der Waals surface area contributed by atoms with E-state index in [1.807, 2.05) is 6.92 Å². The summed E-state index contributed by atoms with van der Waals surface area (Å²) in [6.07, 6.45) is 0.685. The normalized spacial score (nSPS) is 15.6. The molecule has 1 saturated heterocycles. The molecule has 0 unspecified atom stereocenters. The Morgan fingerprint density at radius 2 is 1.92 bits per heavy atom. The molecule has 3 rings (SSSR count). The predicted molar refractivity (Wildman–Crippen MR) is 86.2 cm³/mol. The fourth-order valence-electron chi connectivity index (χ4n) is 2.66. The molecule has 0 spiro atoms. The minimum atomic E-state index is -1.09. The highest BCUT2D eigenvalue weighted by atomic mass is 35.5. The second-order valence-corrected chi connectivity index (χ2v) is 6.18. The molecule has 1 fully saturated rings. The number of rotatable bonds is 4. The fourth-order valence-corrected chi connectivity index (χ4v) is 2.90. The molecule has 0 atom stereocenters. The first-order chi connectivity index (χ1) is 12.0. The Balaban J connectivity index is 1.60. The van der Waals surface area contributed by atoms with Crippen molar-refractivity contribution in [1.29, 1.82) is 0 Å². The summed E-state index contributed by atoms with van der Waals surface area (Å²) in [5.74, 6) is -1.36. The van der Waals surface area contributed by atoms with E-state index in [1.165, 1.54) is 0 Å². The second-order valence-electron chi connectivity index (χ2n) is 5.77. The lowest BCUT2D eigenvalue weighted by molar-refractivity contribution is 0.0624. The van der Waals surface area contributed by atoms with Gasteiger partial charge in [-0.1, -0.05) is 23.7 Å². The third kappa shape index (κ3) is 3.96. The van der Waals surface area contributed by atoms with Gasteiger partial charge in [0.1, 0.15) is 0 Å². The molecule has 0 radical (unpaired) electrons. The van der Waals surface area contributed by atoms with Crippen molar-refractivity contribution in [2.24, 2.45) is 0 Å². The van der Waals surface area contributed by atoms with Crippen LogP contribution in [0.5, 0.6) is 0 Å². The van der Waals surface area contributed by atoms with Gasteiger partial charge in [-0.2, -0.15) is 4.98 Å². The van der Waals surface area contributed by atoms with Gasteiger partial charge >= 0.3 is 0 Å². The van der Waals surface area contributed by atoms with Crippen molar-refractivity contribution >= 4 is 17.5 Å². The molecular formula is C16H17ClF2N4O2. The van der Waals surface area contributed by atoms with Gasteiger partial charge in [-0.15, -0.1) is 0 Å². The molecule has 0 aliphatic carbocycles. The van der Waals surface area contributed by atoms with Crippen molar-refractivity contribution in [3.63, 3.8) is 0 Å². The maximum absolute atomic E-state index is 13.4. The van der Waals surface area contributed by atoms with E-state index < -0.39 is 17.5 Å². The lowest BCUT2D eigenvalue weighted by Crippen LogP contribution is -2.48. The number of carbonyl (C=O) groups excluding carboxylic acids is 1. The van der Waals surface area contributed by atoms with Crippen LogP contribution in [-0.4, -0.2) is 52.0 Å². The number of nitrogens with zero attached hydrogens (tertiary/aromatic N) is 4. The van der Waals surface area contributed by atoms with Crippen molar-refractivity contribution in [1.82, 2.24) is 19.9 Å². The Morgan fingerprint density at radius 3 is 2.56 bits per heavy atom. The molecule has 6 nitrogen and oxygen atoms in total. The van der Waals surface area contributed by atoms with Crippen molar-refractivity contribution in [3.05, 3.63) is 46.1 Å². The lowest BCUT2D eigenvalue weighted by atomic mass is 10.1. The van der Waals surface area contributed by atoms with Gasteiger partial charge in [-0.25, -0.2) is 8.78 Å². The van der Waals surface area contributed by atoms with Crippen molar-refractivity contribution in [2.45, 2.75) is 19.9 Å². The quantitative estimate of drug-likeness (QED) is 0.774.